The van der Waals surface area contributed by atoms with Gasteiger partial charge in [-0.3, -0.25) is 0 Å². The van der Waals surface area contributed by atoms with E-state index in [4.69, 9.17) is 15.2 Å². The number of aliphatic hydroxyl groups excluding tert-OH is 1. The van der Waals surface area contributed by atoms with Crippen molar-refractivity contribution in [2.75, 3.05) is 19.8 Å². The van der Waals surface area contributed by atoms with Crippen molar-refractivity contribution in [3.8, 4) is 0 Å². The largest absolute Gasteiger partial charge is 0.388 e. The van der Waals surface area contributed by atoms with Crippen LogP contribution in [0.2, 0.25) is 0 Å². The van der Waals surface area contributed by atoms with Gasteiger partial charge in [0, 0.05) is 5.54 Å². The first kappa shape index (κ1) is 15.9. The SMILES string of the molecule is CC(C)OCC(O)COCC1(N)CCCCCC1. The van der Waals surface area contributed by atoms with Gasteiger partial charge >= 0.3 is 0 Å². The highest BCUT2D eigenvalue weighted by Crippen LogP contribution is 2.25. The first-order valence-corrected chi connectivity index (χ1v) is 7.18. The lowest BCUT2D eigenvalue weighted by Gasteiger charge is -2.28. The van der Waals surface area contributed by atoms with Crippen molar-refractivity contribution in [2.45, 2.75) is 70.1 Å². The third-order valence-corrected chi connectivity index (χ3v) is 3.42. The maximum absolute atomic E-state index is 9.68. The minimum absolute atomic E-state index is 0.141. The Bertz CT molecular complexity index is 213. The van der Waals surface area contributed by atoms with E-state index in [1.54, 1.807) is 0 Å². The first-order chi connectivity index (χ1) is 8.52. The highest BCUT2D eigenvalue weighted by atomic mass is 16.5. The van der Waals surface area contributed by atoms with Gasteiger partial charge in [-0.2, -0.15) is 0 Å². The summed E-state index contributed by atoms with van der Waals surface area (Å²) in [6.07, 6.45) is 6.60. The van der Waals surface area contributed by atoms with Gasteiger partial charge in [0.05, 0.1) is 25.9 Å². The standard InChI is InChI=1S/C14H29NO3/c1-12(2)18-10-13(16)9-17-11-14(15)7-5-3-4-6-8-14/h12-13,16H,3-11,15H2,1-2H3. The van der Waals surface area contributed by atoms with Crippen LogP contribution in [-0.4, -0.2) is 42.7 Å². The zero-order chi connectivity index (χ0) is 13.4. The van der Waals surface area contributed by atoms with Crippen molar-refractivity contribution < 1.29 is 14.6 Å². The maximum atomic E-state index is 9.68. The summed E-state index contributed by atoms with van der Waals surface area (Å²) in [6, 6.07) is 0. The van der Waals surface area contributed by atoms with Crippen molar-refractivity contribution in [1.82, 2.24) is 0 Å². The topological polar surface area (TPSA) is 64.7 Å². The van der Waals surface area contributed by atoms with Gasteiger partial charge in [0.2, 0.25) is 0 Å². The molecule has 0 heterocycles. The fourth-order valence-electron chi connectivity index (χ4n) is 2.33. The number of nitrogens with two attached hydrogens (primary N) is 1. The van der Waals surface area contributed by atoms with Crippen molar-refractivity contribution >= 4 is 0 Å². The second-order valence-electron chi connectivity index (χ2n) is 5.83. The lowest BCUT2D eigenvalue weighted by molar-refractivity contribution is -0.0442. The van der Waals surface area contributed by atoms with Gasteiger partial charge in [-0.25, -0.2) is 0 Å². The monoisotopic (exact) mass is 259 g/mol. The van der Waals surface area contributed by atoms with E-state index in [1.807, 2.05) is 13.8 Å². The molecule has 108 valence electrons. The Morgan fingerprint density at radius 3 is 2.28 bits per heavy atom. The molecule has 1 saturated carbocycles. The molecule has 0 bridgehead atoms. The second kappa shape index (κ2) is 8.10. The van der Waals surface area contributed by atoms with Crippen LogP contribution in [0, 0.1) is 0 Å². The molecule has 1 aliphatic rings. The number of rotatable bonds is 7. The quantitative estimate of drug-likeness (QED) is 0.685. The van der Waals surface area contributed by atoms with Crippen LogP contribution >= 0.6 is 0 Å². The molecule has 4 nitrogen and oxygen atoms in total. The van der Waals surface area contributed by atoms with E-state index in [0.29, 0.717) is 19.8 Å². The minimum Gasteiger partial charge on any atom is -0.388 e. The smallest absolute Gasteiger partial charge is 0.101 e. The molecule has 0 aromatic carbocycles. The summed E-state index contributed by atoms with van der Waals surface area (Å²) in [7, 11) is 0. The molecule has 0 saturated heterocycles. The van der Waals surface area contributed by atoms with Crippen LogP contribution in [0.15, 0.2) is 0 Å². The Morgan fingerprint density at radius 1 is 1.11 bits per heavy atom. The van der Waals surface area contributed by atoms with Crippen LogP contribution in [0.3, 0.4) is 0 Å². The second-order valence-corrected chi connectivity index (χ2v) is 5.83. The van der Waals surface area contributed by atoms with Crippen LogP contribution in [0.5, 0.6) is 0 Å². The molecule has 1 unspecified atom stereocenters. The van der Waals surface area contributed by atoms with Gasteiger partial charge < -0.3 is 20.3 Å². The molecule has 18 heavy (non-hydrogen) atoms. The molecule has 0 aliphatic heterocycles. The fourth-order valence-corrected chi connectivity index (χ4v) is 2.33. The zero-order valence-electron chi connectivity index (χ0n) is 11.9. The van der Waals surface area contributed by atoms with E-state index >= 15 is 0 Å². The average molecular weight is 259 g/mol. The molecule has 0 spiro atoms. The van der Waals surface area contributed by atoms with Gasteiger partial charge in [-0.1, -0.05) is 25.7 Å². The Morgan fingerprint density at radius 2 is 1.72 bits per heavy atom. The molecule has 3 N–H and O–H groups in total. The molecule has 1 atom stereocenters. The molecule has 1 rings (SSSR count). The minimum atomic E-state index is -0.554. The normalized spacial score (nSPS) is 21.8. The summed E-state index contributed by atoms with van der Waals surface area (Å²) >= 11 is 0. The predicted octanol–water partition coefficient (Wildman–Crippen LogP) is 1.84. The molecule has 0 radical (unpaired) electrons. The zero-order valence-corrected chi connectivity index (χ0v) is 11.9. The van der Waals surface area contributed by atoms with Gasteiger partial charge in [-0.05, 0) is 26.7 Å². The van der Waals surface area contributed by atoms with Crippen LogP contribution in [0.4, 0.5) is 0 Å². The molecule has 1 fully saturated rings. The van der Waals surface area contributed by atoms with Crippen LogP contribution < -0.4 is 5.73 Å². The molecule has 0 amide bonds. The summed E-state index contributed by atoms with van der Waals surface area (Å²) in [4.78, 5) is 0. The molecule has 0 aromatic heterocycles. The molecular weight excluding hydrogens is 230 g/mol. The summed E-state index contributed by atoms with van der Waals surface area (Å²) in [6.45, 7) is 5.09. The molecule has 1 aliphatic carbocycles. The van der Waals surface area contributed by atoms with E-state index in [2.05, 4.69) is 0 Å². The molecule has 0 aromatic rings. The summed E-state index contributed by atoms with van der Waals surface area (Å²) in [5.41, 5.74) is 6.14. The summed E-state index contributed by atoms with van der Waals surface area (Å²) in [5, 5.41) is 9.68. The first-order valence-electron chi connectivity index (χ1n) is 7.18. The predicted molar refractivity (Wildman–Crippen MR) is 72.5 cm³/mol. The van der Waals surface area contributed by atoms with E-state index in [0.717, 1.165) is 12.8 Å². The lowest BCUT2D eigenvalue weighted by atomic mass is 9.93. The summed E-state index contributed by atoms with van der Waals surface area (Å²) in [5.74, 6) is 0. The van der Waals surface area contributed by atoms with Crippen molar-refractivity contribution in [3.05, 3.63) is 0 Å². The van der Waals surface area contributed by atoms with Crippen molar-refractivity contribution in [3.63, 3.8) is 0 Å². The fraction of sp³-hybridized carbons (Fsp3) is 1.00. The third-order valence-electron chi connectivity index (χ3n) is 3.42. The Labute approximate surface area is 111 Å². The Kier molecular flexibility index (Phi) is 7.15. The molecule has 4 heteroatoms. The summed E-state index contributed by atoms with van der Waals surface area (Å²) < 4.78 is 10.9. The van der Waals surface area contributed by atoms with Crippen molar-refractivity contribution in [2.24, 2.45) is 5.73 Å². The number of ether oxygens (including phenoxy) is 2. The van der Waals surface area contributed by atoms with Gasteiger partial charge in [0.25, 0.3) is 0 Å². The van der Waals surface area contributed by atoms with Gasteiger partial charge in [0.1, 0.15) is 6.10 Å². The maximum Gasteiger partial charge on any atom is 0.101 e. The highest BCUT2D eigenvalue weighted by Gasteiger charge is 2.26. The average Bonchev–Trinajstić information content (AvgIpc) is 2.52. The Hall–Kier alpha value is -0.160. The van der Waals surface area contributed by atoms with Crippen LogP contribution in [0.1, 0.15) is 52.4 Å². The van der Waals surface area contributed by atoms with Crippen LogP contribution in [0.25, 0.3) is 0 Å². The van der Waals surface area contributed by atoms with Crippen LogP contribution in [-0.2, 0) is 9.47 Å². The number of hydrogen-bond acceptors (Lipinski definition) is 4. The van der Waals surface area contributed by atoms with E-state index in [-0.39, 0.29) is 11.6 Å². The van der Waals surface area contributed by atoms with Gasteiger partial charge in [0.15, 0.2) is 0 Å². The van der Waals surface area contributed by atoms with Crippen molar-refractivity contribution in [1.29, 1.82) is 0 Å². The van der Waals surface area contributed by atoms with E-state index in [9.17, 15) is 5.11 Å². The third kappa shape index (κ3) is 6.69. The number of aliphatic hydroxyl groups is 1. The lowest BCUT2D eigenvalue weighted by Crippen LogP contribution is -2.44. The van der Waals surface area contributed by atoms with Gasteiger partial charge in [-0.15, -0.1) is 0 Å². The highest BCUT2D eigenvalue weighted by molar-refractivity contribution is 4.85. The van der Waals surface area contributed by atoms with E-state index < -0.39 is 6.10 Å². The molecular formula is C14H29NO3. The van der Waals surface area contributed by atoms with E-state index in [1.165, 1.54) is 25.7 Å². The Balaban J connectivity index is 2.15. The number of hydrogen-bond donors (Lipinski definition) is 2.